The van der Waals surface area contributed by atoms with Gasteiger partial charge in [-0.25, -0.2) is 0 Å². The molecule has 0 aromatic carbocycles. The highest BCUT2D eigenvalue weighted by Gasteiger charge is 1.98. The Morgan fingerprint density at radius 1 is 1.27 bits per heavy atom. The molecule has 2 atom stereocenters. The van der Waals surface area contributed by atoms with Gasteiger partial charge in [-0.05, 0) is 32.1 Å². The molecule has 0 aliphatic carbocycles. The zero-order valence-electron chi connectivity index (χ0n) is 8.01. The molecule has 0 bridgehead atoms. The Morgan fingerprint density at radius 2 is 1.91 bits per heavy atom. The summed E-state index contributed by atoms with van der Waals surface area (Å²) in [6, 6.07) is 0.354. The number of rotatable bonds is 5. The van der Waals surface area contributed by atoms with Crippen LogP contribution in [0.2, 0.25) is 0 Å². The summed E-state index contributed by atoms with van der Waals surface area (Å²) in [5, 5.41) is 0. The highest BCUT2D eigenvalue weighted by atomic mass is 14.6. The molecule has 0 aromatic heterocycles. The van der Waals surface area contributed by atoms with Crippen LogP contribution in [0.25, 0.3) is 0 Å². The van der Waals surface area contributed by atoms with E-state index in [-0.39, 0.29) is 0 Å². The lowest BCUT2D eigenvalue weighted by Gasteiger charge is -2.07. The second-order valence-electron chi connectivity index (χ2n) is 3.37. The van der Waals surface area contributed by atoms with Gasteiger partial charge in [0.05, 0.1) is 0 Å². The summed E-state index contributed by atoms with van der Waals surface area (Å²) in [6.07, 6.45) is 8.00. The van der Waals surface area contributed by atoms with E-state index in [1.807, 2.05) is 0 Å². The van der Waals surface area contributed by atoms with E-state index in [2.05, 4.69) is 32.9 Å². The first-order chi connectivity index (χ1) is 5.16. The maximum atomic E-state index is 5.65. The first-order valence-electron chi connectivity index (χ1n) is 4.59. The quantitative estimate of drug-likeness (QED) is 0.607. The van der Waals surface area contributed by atoms with Gasteiger partial charge < -0.3 is 5.73 Å². The van der Waals surface area contributed by atoms with Gasteiger partial charge in [0, 0.05) is 6.04 Å². The summed E-state index contributed by atoms with van der Waals surface area (Å²) in [5.41, 5.74) is 5.65. The standard InChI is InChI=1S/C10H21N/c1-4-5-6-9(2)7-8-10(3)11/h5-6,9-10H,4,7-8,11H2,1-3H3/b6-5+. The van der Waals surface area contributed by atoms with Gasteiger partial charge in [-0.15, -0.1) is 0 Å². The molecule has 2 unspecified atom stereocenters. The van der Waals surface area contributed by atoms with Crippen LogP contribution in [-0.2, 0) is 0 Å². The predicted molar refractivity (Wildman–Crippen MR) is 51.5 cm³/mol. The molecular weight excluding hydrogens is 134 g/mol. The van der Waals surface area contributed by atoms with Crippen molar-refractivity contribution >= 4 is 0 Å². The van der Waals surface area contributed by atoms with Gasteiger partial charge in [0.1, 0.15) is 0 Å². The molecule has 0 heterocycles. The highest BCUT2D eigenvalue weighted by molar-refractivity contribution is 4.85. The van der Waals surface area contributed by atoms with Gasteiger partial charge in [-0.2, -0.15) is 0 Å². The fourth-order valence-corrected chi connectivity index (χ4v) is 0.990. The van der Waals surface area contributed by atoms with Crippen LogP contribution in [0.3, 0.4) is 0 Å². The number of nitrogens with two attached hydrogens (primary N) is 1. The number of hydrogen-bond donors (Lipinski definition) is 1. The molecule has 0 amide bonds. The van der Waals surface area contributed by atoms with E-state index in [0.717, 1.165) is 12.8 Å². The summed E-state index contributed by atoms with van der Waals surface area (Å²) >= 11 is 0. The fourth-order valence-electron chi connectivity index (χ4n) is 0.990. The van der Waals surface area contributed by atoms with Gasteiger partial charge in [0.2, 0.25) is 0 Å². The van der Waals surface area contributed by atoms with Crippen LogP contribution in [-0.4, -0.2) is 6.04 Å². The van der Waals surface area contributed by atoms with Crippen molar-refractivity contribution in [1.82, 2.24) is 0 Å². The van der Waals surface area contributed by atoms with Crippen molar-refractivity contribution in [3.8, 4) is 0 Å². The van der Waals surface area contributed by atoms with Crippen LogP contribution in [0.15, 0.2) is 12.2 Å². The van der Waals surface area contributed by atoms with E-state index in [4.69, 9.17) is 5.73 Å². The molecule has 0 aliphatic rings. The van der Waals surface area contributed by atoms with Crippen LogP contribution in [0.5, 0.6) is 0 Å². The molecule has 0 spiro atoms. The highest BCUT2D eigenvalue weighted by Crippen LogP contribution is 2.08. The molecule has 0 aliphatic heterocycles. The summed E-state index contributed by atoms with van der Waals surface area (Å²) in [4.78, 5) is 0. The lowest BCUT2D eigenvalue weighted by molar-refractivity contribution is 0.549. The van der Waals surface area contributed by atoms with Crippen LogP contribution in [0.4, 0.5) is 0 Å². The zero-order chi connectivity index (χ0) is 8.69. The average Bonchev–Trinajstić information content (AvgIpc) is 1.97. The fraction of sp³-hybridized carbons (Fsp3) is 0.800. The van der Waals surface area contributed by atoms with Crippen molar-refractivity contribution in [1.29, 1.82) is 0 Å². The smallest absolute Gasteiger partial charge is 0.00106 e. The Bertz CT molecular complexity index is 105. The Balaban J connectivity index is 3.36. The molecule has 0 saturated heterocycles. The monoisotopic (exact) mass is 155 g/mol. The van der Waals surface area contributed by atoms with E-state index >= 15 is 0 Å². The third-order valence-corrected chi connectivity index (χ3v) is 1.78. The molecule has 1 nitrogen and oxygen atoms in total. The molecule has 11 heavy (non-hydrogen) atoms. The summed E-state index contributed by atoms with van der Waals surface area (Å²) in [7, 11) is 0. The normalized spacial score (nSPS) is 17.1. The van der Waals surface area contributed by atoms with E-state index in [1.165, 1.54) is 6.42 Å². The first-order valence-corrected chi connectivity index (χ1v) is 4.59. The van der Waals surface area contributed by atoms with Gasteiger partial charge in [0.25, 0.3) is 0 Å². The van der Waals surface area contributed by atoms with Crippen molar-refractivity contribution < 1.29 is 0 Å². The van der Waals surface area contributed by atoms with Crippen LogP contribution >= 0.6 is 0 Å². The SMILES string of the molecule is CC/C=C/C(C)CCC(C)N. The molecule has 0 fully saturated rings. The van der Waals surface area contributed by atoms with Crippen molar-refractivity contribution in [2.75, 3.05) is 0 Å². The van der Waals surface area contributed by atoms with Gasteiger partial charge in [-0.3, -0.25) is 0 Å². The number of allylic oxidation sites excluding steroid dienone is 2. The molecule has 66 valence electrons. The van der Waals surface area contributed by atoms with Gasteiger partial charge in [0.15, 0.2) is 0 Å². The van der Waals surface area contributed by atoms with Crippen molar-refractivity contribution in [3.05, 3.63) is 12.2 Å². The third kappa shape index (κ3) is 7.60. The van der Waals surface area contributed by atoms with E-state index in [1.54, 1.807) is 0 Å². The summed E-state index contributed by atoms with van der Waals surface area (Å²) in [6.45, 7) is 6.47. The average molecular weight is 155 g/mol. The third-order valence-electron chi connectivity index (χ3n) is 1.78. The Labute approximate surface area is 70.7 Å². The molecule has 0 radical (unpaired) electrons. The Kier molecular flexibility index (Phi) is 6.24. The minimum atomic E-state index is 0.354. The lowest BCUT2D eigenvalue weighted by Crippen LogP contribution is -2.15. The maximum absolute atomic E-state index is 5.65. The van der Waals surface area contributed by atoms with E-state index in [9.17, 15) is 0 Å². The van der Waals surface area contributed by atoms with Crippen molar-refractivity contribution in [2.24, 2.45) is 11.7 Å². The Hall–Kier alpha value is -0.300. The molecular formula is C10H21N. The second-order valence-corrected chi connectivity index (χ2v) is 3.37. The van der Waals surface area contributed by atoms with Gasteiger partial charge in [-0.1, -0.05) is 26.0 Å². The molecule has 0 aromatic rings. The topological polar surface area (TPSA) is 26.0 Å². The van der Waals surface area contributed by atoms with Crippen LogP contribution in [0.1, 0.15) is 40.0 Å². The predicted octanol–water partition coefficient (Wildman–Crippen LogP) is 2.72. The van der Waals surface area contributed by atoms with Crippen LogP contribution in [0, 0.1) is 5.92 Å². The van der Waals surface area contributed by atoms with Crippen molar-refractivity contribution in [3.63, 3.8) is 0 Å². The van der Waals surface area contributed by atoms with Crippen LogP contribution < -0.4 is 5.73 Å². The number of hydrogen-bond acceptors (Lipinski definition) is 1. The minimum absolute atomic E-state index is 0.354. The van der Waals surface area contributed by atoms with E-state index < -0.39 is 0 Å². The van der Waals surface area contributed by atoms with Gasteiger partial charge >= 0.3 is 0 Å². The maximum Gasteiger partial charge on any atom is 0.00106 e. The molecule has 1 heteroatoms. The lowest BCUT2D eigenvalue weighted by atomic mass is 10.0. The molecule has 2 N–H and O–H groups in total. The summed E-state index contributed by atoms with van der Waals surface area (Å²) < 4.78 is 0. The first kappa shape index (κ1) is 10.7. The zero-order valence-corrected chi connectivity index (χ0v) is 8.01. The largest absolute Gasteiger partial charge is 0.328 e. The second kappa shape index (κ2) is 6.41. The van der Waals surface area contributed by atoms with Crippen molar-refractivity contribution in [2.45, 2.75) is 46.1 Å². The van der Waals surface area contributed by atoms with E-state index in [0.29, 0.717) is 12.0 Å². The molecule has 0 saturated carbocycles. The summed E-state index contributed by atoms with van der Waals surface area (Å²) in [5.74, 6) is 0.695. The molecule has 0 rings (SSSR count). The Morgan fingerprint density at radius 3 is 2.36 bits per heavy atom. The minimum Gasteiger partial charge on any atom is -0.328 e.